The van der Waals surface area contributed by atoms with E-state index in [4.69, 9.17) is 10.00 Å². The number of aromatic nitrogens is 1. The maximum Gasteiger partial charge on any atom is 0.244 e. The Hall–Kier alpha value is -2.57. The number of sulfonamides is 1. The van der Waals surface area contributed by atoms with Gasteiger partial charge in [-0.25, -0.2) is 17.2 Å². The van der Waals surface area contributed by atoms with Gasteiger partial charge in [0.2, 0.25) is 10.0 Å². The molecule has 3 rings (SSSR count). The Balaban J connectivity index is 1.65. The maximum atomic E-state index is 13.9. The van der Waals surface area contributed by atoms with Crippen molar-refractivity contribution in [2.45, 2.75) is 23.8 Å². The van der Waals surface area contributed by atoms with Gasteiger partial charge >= 0.3 is 0 Å². The zero-order valence-electron chi connectivity index (χ0n) is 13.6. The molecule has 0 bridgehead atoms. The molecule has 26 heavy (non-hydrogen) atoms. The topological polar surface area (TPSA) is 83.3 Å². The SMILES string of the molecule is N#Cc1ccc(OC2CCN(S(=O)(=O)c3cncc(F)c3)CC2)c(F)c1. The number of hydrogen-bond acceptors (Lipinski definition) is 5. The predicted octanol–water partition coefficient (Wildman–Crippen LogP) is 2.46. The summed E-state index contributed by atoms with van der Waals surface area (Å²) in [5.74, 6) is -1.33. The molecule has 0 aliphatic carbocycles. The van der Waals surface area contributed by atoms with Crippen molar-refractivity contribution in [3.63, 3.8) is 0 Å². The van der Waals surface area contributed by atoms with E-state index in [1.807, 2.05) is 6.07 Å². The van der Waals surface area contributed by atoms with Crippen molar-refractivity contribution in [1.29, 1.82) is 5.26 Å². The number of piperidine rings is 1. The third-order valence-corrected chi connectivity index (χ3v) is 5.94. The summed E-state index contributed by atoms with van der Waals surface area (Å²) < 4.78 is 59.0. The second-order valence-corrected chi connectivity index (χ2v) is 7.76. The van der Waals surface area contributed by atoms with E-state index in [-0.39, 0.29) is 35.4 Å². The van der Waals surface area contributed by atoms with Gasteiger partial charge in [0, 0.05) is 19.3 Å². The van der Waals surface area contributed by atoms with Crippen LogP contribution in [-0.2, 0) is 10.0 Å². The average molecular weight is 379 g/mol. The van der Waals surface area contributed by atoms with E-state index in [0.717, 1.165) is 24.5 Å². The third-order valence-electron chi connectivity index (χ3n) is 4.07. The minimum absolute atomic E-state index is 0.0274. The number of ether oxygens (including phenoxy) is 1. The molecular formula is C17H15F2N3O3S. The highest BCUT2D eigenvalue weighted by Crippen LogP contribution is 2.25. The molecule has 1 fully saturated rings. The summed E-state index contributed by atoms with van der Waals surface area (Å²) in [6.45, 7) is 0.336. The highest BCUT2D eigenvalue weighted by Gasteiger charge is 2.31. The normalized spacial score (nSPS) is 16.2. The van der Waals surface area contributed by atoms with Gasteiger partial charge in [0.05, 0.1) is 17.8 Å². The van der Waals surface area contributed by atoms with Crippen LogP contribution in [0.4, 0.5) is 8.78 Å². The number of hydrogen-bond donors (Lipinski definition) is 0. The minimum Gasteiger partial charge on any atom is -0.487 e. The molecule has 1 aromatic heterocycles. The summed E-state index contributed by atoms with van der Waals surface area (Å²) in [5.41, 5.74) is 0.194. The van der Waals surface area contributed by atoms with Gasteiger partial charge in [-0.1, -0.05) is 0 Å². The largest absolute Gasteiger partial charge is 0.487 e. The quantitative estimate of drug-likeness (QED) is 0.815. The highest BCUT2D eigenvalue weighted by molar-refractivity contribution is 7.89. The maximum absolute atomic E-state index is 13.9. The molecule has 0 radical (unpaired) electrons. The van der Waals surface area contributed by atoms with Crippen LogP contribution < -0.4 is 4.74 Å². The fraction of sp³-hybridized carbons (Fsp3) is 0.294. The van der Waals surface area contributed by atoms with Crippen molar-refractivity contribution < 1.29 is 21.9 Å². The van der Waals surface area contributed by atoms with Crippen LogP contribution in [0.1, 0.15) is 18.4 Å². The number of pyridine rings is 1. The third kappa shape index (κ3) is 3.81. The van der Waals surface area contributed by atoms with E-state index >= 15 is 0 Å². The Morgan fingerprint density at radius 3 is 2.54 bits per heavy atom. The second-order valence-electron chi connectivity index (χ2n) is 5.82. The van der Waals surface area contributed by atoms with Crippen LogP contribution in [0.3, 0.4) is 0 Å². The van der Waals surface area contributed by atoms with Gasteiger partial charge in [-0.05, 0) is 37.1 Å². The lowest BCUT2D eigenvalue weighted by Crippen LogP contribution is -2.41. The highest BCUT2D eigenvalue weighted by atomic mass is 32.2. The lowest BCUT2D eigenvalue weighted by atomic mass is 10.1. The van der Waals surface area contributed by atoms with Gasteiger partial charge in [-0.3, -0.25) is 4.98 Å². The number of nitrogens with zero attached hydrogens (tertiary/aromatic N) is 3. The zero-order chi connectivity index (χ0) is 18.7. The van der Waals surface area contributed by atoms with E-state index in [9.17, 15) is 17.2 Å². The predicted molar refractivity (Wildman–Crippen MR) is 87.7 cm³/mol. The zero-order valence-corrected chi connectivity index (χ0v) is 14.4. The van der Waals surface area contributed by atoms with Crippen molar-refractivity contribution in [3.8, 4) is 11.8 Å². The molecule has 0 unspecified atom stereocenters. The average Bonchev–Trinajstić information content (AvgIpc) is 2.64. The van der Waals surface area contributed by atoms with Gasteiger partial charge in [0.25, 0.3) is 0 Å². The molecule has 0 amide bonds. The molecule has 0 N–H and O–H groups in total. The number of nitriles is 1. The molecule has 1 saturated heterocycles. The Morgan fingerprint density at radius 1 is 1.19 bits per heavy atom. The van der Waals surface area contributed by atoms with Crippen LogP contribution in [-0.4, -0.2) is 36.9 Å². The molecule has 0 saturated carbocycles. The molecule has 2 heterocycles. The van der Waals surface area contributed by atoms with Gasteiger partial charge in [0.1, 0.15) is 16.8 Å². The van der Waals surface area contributed by atoms with Crippen LogP contribution in [0.25, 0.3) is 0 Å². The molecule has 1 aromatic carbocycles. The summed E-state index contributed by atoms with van der Waals surface area (Å²) >= 11 is 0. The standard InChI is InChI=1S/C17H15F2N3O3S/c18-13-8-15(11-21-10-13)26(23,24)22-5-3-14(4-6-22)25-17-2-1-12(9-20)7-16(17)19/h1-2,7-8,10-11,14H,3-6H2. The van der Waals surface area contributed by atoms with Crippen LogP contribution >= 0.6 is 0 Å². The number of halogens is 2. The number of benzene rings is 1. The van der Waals surface area contributed by atoms with E-state index in [1.165, 1.54) is 16.4 Å². The first kappa shape index (κ1) is 18.2. The van der Waals surface area contributed by atoms with Gasteiger partial charge in [-0.2, -0.15) is 9.57 Å². The Kier molecular flexibility index (Phi) is 5.15. The lowest BCUT2D eigenvalue weighted by Gasteiger charge is -2.31. The van der Waals surface area contributed by atoms with Gasteiger partial charge in [0.15, 0.2) is 11.6 Å². The molecule has 2 aromatic rings. The van der Waals surface area contributed by atoms with Crippen molar-refractivity contribution in [3.05, 3.63) is 53.9 Å². The van der Waals surface area contributed by atoms with Crippen molar-refractivity contribution in [2.24, 2.45) is 0 Å². The van der Waals surface area contributed by atoms with Crippen LogP contribution in [0, 0.1) is 23.0 Å². The van der Waals surface area contributed by atoms with E-state index in [1.54, 1.807) is 0 Å². The summed E-state index contributed by atoms with van der Waals surface area (Å²) in [6.07, 6.45) is 2.41. The smallest absolute Gasteiger partial charge is 0.244 e. The Labute approximate surface area is 149 Å². The monoisotopic (exact) mass is 379 g/mol. The fourth-order valence-electron chi connectivity index (χ4n) is 2.72. The van der Waals surface area contributed by atoms with E-state index in [2.05, 4.69) is 4.98 Å². The van der Waals surface area contributed by atoms with Crippen LogP contribution in [0.5, 0.6) is 5.75 Å². The summed E-state index contributed by atoms with van der Waals surface area (Å²) in [7, 11) is -3.83. The molecule has 136 valence electrons. The second kappa shape index (κ2) is 7.35. The van der Waals surface area contributed by atoms with Crippen molar-refractivity contribution >= 4 is 10.0 Å². The minimum atomic E-state index is -3.83. The molecule has 1 aliphatic heterocycles. The number of rotatable bonds is 4. The lowest BCUT2D eigenvalue weighted by molar-refractivity contribution is 0.130. The van der Waals surface area contributed by atoms with Crippen molar-refractivity contribution in [1.82, 2.24) is 9.29 Å². The summed E-state index contributed by atoms with van der Waals surface area (Å²) in [6, 6.07) is 6.69. The molecule has 0 atom stereocenters. The fourth-order valence-corrected chi connectivity index (χ4v) is 4.16. The molecule has 1 aliphatic rings. The summed E-state index contributed by atoms with van der Waals surface area (Å²) in [5, 5.41) is 8.74. The molecule has 0 spiro atoms. The van der Waals surface area contributed by atoms with E-state index in [0.29, 0.717) is 12.8 Å². The van der Waals surface area contributed by atoms with Crippen LogP contribution in [0.15, 0.2) is 41.6 Å². The molecule has 6 nitrogen and oxygen atoms in total. The van der Waals surface area contributed by atoms with Gasteiger partial charge < -0.3 is 4.74 Å². The first-order valence-corrected chi connectivity index (χ1v) is 9.31. The van der Waals surface area contributed by atoms with Gasteiger partial charge in [-0.15, -0.1) is 0 Å². The first-order valence-electron chi connectivity index (χ1n) is 7.87. The molecule has 9 heteroatoms. The van der Waals surface area contributed by atoms with Crippen molar-refractivity contribution in [2.75, 3.05) is 13.1 Å². The first-order chi connectivity index (χ1) is 12.4. The Bertz CT molecular complexity index is 952. The van der Waals surface area contributed by atoms with Crippen LogP contribution in [0.2, 0.25) is 0 Å². The molecular weight excluding hydrogens is 364 g/mol. The van der Waals surface area contributed by atoms with E-state index < -0.39 is 21.7 Å². The Morgan fingerprint density at radius 2 is 1.92 bits per heavy atom. The summed E-state index contributed by atoms with van der Waals surface area (Å²) in [4.78, 5) is 3.37.